The van der Waals surface area contributed by atoms with Gasteiger partial charge in [0.15, 0.2) is 0 Å². The summed E-state index contributed by atoms with van der Waals surface area (Å²) in [5.74, 6) is 0.211. The number of hydrogen-bond donors (Lipinski definition) is 2. The van der Waals surface area contributed by atoms with Crippen LogP contribution in [-0.2, 0) is 11.2 Å². The van der Waals surface area contributed by atoms with Crippen LogP contribution in [0.1, 0.15) is 30.7 Å². The minimum Gasteiger partial charge on any atom is -0.354 e. The van der Waals surface area contributed by atoms with Crippen LogP contribution in [-0.4, -0.2) is 54.1 Å². The Bertz CT molecular complexity index is 445. The lowest BCUT2D eigenvalue weighted by Crippen LogP contribution is -2.50. The number of hydrogen-bond acceptors (Lipinski definition) is 5. The first-order chi connectivity index (χ1) is 10.3. The third kappa shape index (κ3) is 3.81. The van der Waals surface area contributed by atoms with Gasteiger partial charge in [0.1, 0.15) is 0 Å². The molecule has 2 saturated heterocycles. The van der Waals surface area contributed by atoms with Crippen LogP contribution in [0.4, 0.5) is 0 Å². The van der Waals surface area contributed by atoms with Crippen molar-refractivity contribution in [1.82, 2.24) is 20.5 Å². The van der Waals surface area contributed by atoms with Crippen LogP contribution in [0.3, 0.4) is 0 Å². The molecule has 1 unspecified atom stereocenters. The van der Waals surface area contributed by atoms with Crippen LogP contribution in [0, 0.1) is 0 Å². The van der Waals surface area contributed by atoms with E-state index in [1.54, 1.807) is 11.3 Å². The molecule has 0 saturated carbocycles. The molecule has 2 fully saturated rings. The van der Waals surface area contributed by atoms with Gasteiger partial charge in [0.05, 0.1) is 11.0 Å². The zero-order valence-corrected chi connectivity index (χ0v) is 13.2. The van der Waals surface area contributed by atoms with Crippen molar-refractivity contribution in [2.45, 2.75) is 44.2 Å². The summed E-state index contributed by atoms with van der Waals surface area (Å²) >= 11 is 1.65. The van der Waals surface area contributed by atoms with Crippen LogP contribution in [0.15, 0.2) is 11.6 Å². The minimum absolute atomic E-state index is 0.0874. The molecule has 0 aliphatic carbocycles. The van der Waals surface area contributed by atoms with Crippen LogP contribution < -0.4 is 10.6 Å². The molecular formula is C15H24N4OS. The van der Waals surface area contributed by atoms with Gasteiger partial charge in [-0.1, -0.05) is 0 Å². The summed E-state index contributed by atoms with van der Waals surface area (Å²) in [5.41, 5.74) is 0. The molecule has 6 heteroatoms. The number of piperidine rings is 1. The largest absolute Gasteiger partial charge is 0.354 e. The lowest BCUT2D eigenvalue weighted by molar-refractivity contribution is -0.126. The highest BCUT2D eigenvalue weighted by Gasteiger charge is 2.35. The van der Waals surface area contributed by atoms with Crippen molar-refractivity contribution in [2.75, 3.05) is 26.2 Å². The third-order valence-corrected chi connectivity index (χ3v) is 5.34. The van der Waals surface area contributed by atoms with Crippen molar-refractivity contribution in [2.24, 2.45) is 0 Å². The fraction of sp³-hybridized carbons (Fsp3) is 0.733. The van der Waals surface area contributed by atoms with Crippen molar-refractivity contribution >= 4 is 17.2 Å². The molecule has 0 aromatic carbocycles. The molecule has 2 aliphatic rings. The van der Waals surface area contributed by atoms with Crippen molar-refractivity contribution < 1.29 is 4.79 Å². The Labute approximate surface area is 130 Å². The molecule has 0 spiro atoms. The Morgan fingerprint density at radius 1 is 1.43 bits per heavy atom. The maximum atomic E-state index is 12.4. The van der Waals surface area contributed by atoms with Gasteiger partial charge in [-0.15, -0.1) is 11.3 Å². The van der Waals surface area contributed by atoms with E-state index < -0.39 is 0 Å². The summed E-state index contributed by atoms with van der Waals surface area (Å²) in [6.45, 7) is 3.94. The number of likely N-dealkylation sites (tertiary alicyclic amines) is 1. The van der Waals surface area contributed by atoms with Gasteiger partial charge < -0.3 is 10.6 Å². The topological polar surface area (TPSA) is 57.3 Å². The van der Waals surface area contributed by atoms with E-state index in [0.29, 0.717) is 12.6 Å². The molecule has 5 nitrogen and oxygen atoms in total. The lowest BCUT2D eigenvalue weighted by Gasteiger charge is -2.35. The number of thiazole rings is 1. The summed E-state index contributed by atoms with van der Waals surface area (Å²) in [4.78, 5) is 19.1. The van der Waals surface area contributed by atoms with E-state index in [9.17, 15) is 4.79 Å². The lowest BCUT2D eigenvalue weighted by atomic mass is 10.0. The summed E-state index contributed by atoms with van der Waals surface area (Å²) in [6, 6.07) is 0.674. The van der Waals surface area contributed by atoms with Gasteiger partial charge >= 0.3 is 0 Å². The van der Waals surface area contributed by atoms with Crippen molar-refractivity contribution in [3.63, 3.8) is 0 Å². The second-order valence-corrected chi connectivity index (χ2v) is 6.82. The second-order valence-electron chi connectivity index (χ2n) is 5.84. The number of carbonyl (C=O) groups is 1. The molecule has 1 aromatic rings. The number of carbonyl (C=O) groups excluding carboxylic acids is 1. The Morgan fingerprint density at radius 3 is 3.05 bits per heavy atom. The molecule has 116 valence electrons. The van der Waals surface area contributed by atoms with E-state index >= 15 is 0 Å². The maximum absolute atomic E-state index is 12.4. The summed E-state index contributed by atoms with van der Waals surface area (Å²) in [6.07, 6.45) is 7.15. The summed E-state index contributed by atoms with van der Waals surface area (Å²) in [5, 5.41) is 9.58. The van der Waals surface area contributed by atoms with E-state index in [1.807, 2.05) is 11.6 Å². The third-order valence-electron chi connectivity index (χ3n) is 4.50. The molecule has 3 heterocycles. The quantitative estimate of drug-likeness (QED) is 0.853. The van der Waals surface area contributed by atoms with Crippen molar-refractivity contribution in [3.8, 4) is 0 Å². The Balaban J connectivity index is 1.48. The van der Waals surface area contributed by atoms with Gasteiger partial charge in [-0.3, -0.25) is 9.69 Å². The molecule has 3 rings (SSSR count). The maximum Gasteiger partial charge on any atom is 0.237 e. The van der Waals surface area contributed by atoms with E-state index in [2.05, 4.69) is 20.5 Å². The molecule has 1 amide bonds. The van der Waals surface area contributed by atoms with Crippen molar-refractivity contribution in [1.29, 1.82) is 0 Å². The van der Waals surface area contributed by atoms with Gasteiger partial charge in [-0.2, -0.15) is 0 Å². The van der Waals surface area contributed by atoms with Crippen LogP contribution in [0.2, 0.25) is 0 Å². The number of rotatable bonds is 5. The summed E-state index contributed by atoms with van der Waals surface area (Å²) < 4.78 is 0. The van der Waals surface area contributed by atoms with E-state index in [0.717, 1.165) is 43.9 Å². The highest BCUT2D eigenvalue weighted by atomic mass is 32.1. The highest BCUT2D eigenvalue weighted by Crippen LogP contribution is 2.24. The SMILES string of the molecule is O=C(NCCc1nccs1)C1CCCN1C1CCNCC1. The van der Waals surface area contributed by atoms with Gasteiger partial charge in [0.2, 0.25) is 5.91 Å². The van der Waals surface area contributed by atoms with Gasteiger partial charge in [-0.05, 0) is 45.3 Å². The minimum atomic E-state index is 0.0874. The zero-order chi connectivity index (χ0) is 14.5. The average molecular weight is 308 g/mol. The first-order valence-corrected chi connectivity index (χ1v) is 8.85. The Hall–Kier alpha value is -0.980. The second kappa shape index (κ2) is 7.33. The standard InChI is InChI=1S/C15H24N4OS/c20-15(18-8-5-14-17-9-11-21-14)13-2-1-10-19(13)12-3-6-16-7-4-12/h9,11-13,16H,1-8,10H2,(H,18,20). The van der Waals surface area contributed by atoms with E-state index in [4.69, 9.17) is 0 Å². The number of nitrogens with zero attached hydrogens (tertiary/aromatic N) is 2. The molecular weight excluding hydrogens is 284 g/mol. The normalized spacial score (nSPS) is 24.3. The monoisotopic (exact) mass is 308 g/mol. The Morgan fingerprint density at radius 2 is 2.29 bits per heavy atom. The van der Waals surface area contributed by atoms with Crippen LogP contribution >= 0.6 is 11.3 Å². The molecule has 1 aromatic heterocycles. The number of nitrogens with one attached hydrogen (secondary N) is 2. The summed E-state index contributed by atoms with van der Waals surface area (Å²) in [7, 11) is 0. The first kappa shape index (κ1) is 14.9. The van der Waals surface area contributed by atoms with Crippen LogP contribution in [0.5, 0.6) is 0 Å². The predicted octanol–water partition coefficient (Wildman–Crippen LogP) is 1.02. The van der Waals surface area contributed by atoms with Gasteiger partial charge in [0.25, 0.3) is 0 Å². The fourth-order valence-corrected chi connectivity index (χ4v) is 4.05. The average Bonchev–Trinajstić information content (AvgIpc) is 3.19. The Kier molecular flexibility index (Phi) is 5.22. The smallest absolute Gasteiger partial charge is 0.237 e. The highest BCUT2D eigenvalue weighted by molar-refractivity contribution is 7.09. The van der Waals surface area contributed by atoms with Crippen molar-refractivity contribution in [3.05, 3.63) is 16.6 Å². The van der Waals surface area contributed by atoms with Gasteiger partial charge in [0, 0.05) is 30.6 Å². The number of aromatic nitrogens is 1. The van der Waals surface area contributed by atoms with E-state index in [-0.39, 0.29) is 11.9 Å². The van der Waals surface area contributed by atoms with Crippen LogP contribution in [0.25, 0.3) is 0 Å². The molecule has 0 radical (unpaired) electrons. The fourth-order valence-electron chi connectivity index (χ4n) is 3.43. The molecule has 1 atom stereocenters. The molecule has 0 bridgehead atoms. The molecule has 21 heavy (non-hydrogen) atoms. The zero-order valence-electron chi connectivity index (χ0n) is 12.4. The molecule has 2 N–H and O–H groups in total. The van der Waals surface area contributed by atoms with Gasteiger partial charge in [-0.25, -0.2) is 4.98 Å². The predicted molar refractivity (Wildman–Crippen MR) is 84.4 cm³/mol. The first-order valence-electron chi connectivity index (χ1n) is 7.97. The molecule has 2 aliphatic heterocycles. The van der Waals surface area contributed by atoms with E-state index in [1.165, 1.54) is 12.8 Å². The number of amides is 1.